The number of anilines is 1. The van der Waals surface area contributed by atoms with Crippen LogP contribution in [0.2, 0.25) is 0 Å². The second-order valence-electron chi connectivity index (χ2n) is 4.98. The lowest BCUT2D eigenvalue weighted by Gasteiger charge is -2.07. The van der Waals surface area contributed by atoms with E-state index < -0.39 is 29.0 Å². The van der Waals surface area contributed by atoms with Gasteiger partial charge in [0.2, 0.25) is 5.56 Å². The SMILES string of the molecule is O=C(COC(=O)c1cc(=O)[nH]c2ccccc12)Nc1ncc([N+](=O)[O-])s1. The molecule has 0 unspecified atom stereocenters. The van der Waals surface area contributed by atoms with Crippen LogP contribution in [0.3, 0.4) is 0 Å². The third kappa shape index (κ3) is 3.72. The number of carbonyl (C=O) groups excluding carboxylic acids is 2. The van der Waals surface area contributed by atoms with Crippen LogP contribution in [-0.2, 0) is 9.53 Å². The molecule has 132 valence electrons. The van der Waals surface area contributed by atoms with Crippen molar-refractivity contribution in [3.8, 4) is 0 Å². The molecule has 0 saturated heterocycles. The number of aromatic nitrogens is 2. The molecule has 0 atom stereocenters. The van der Waals surface area contributed by atoms with Crippen LogP contribution >= 0.6 is 11.3 Å². The molecule has 0 aliphatic heterocycles. The topological polar surface area (TPSA) is 144 Å². The molecule has 0 fully saturated rings. The molecule has 1 amide bonds. The number of benzene rings is 1. The van der Waals surface area contributed by atoms with E-state index in [0.717, 1.165) is 12.3 Å². The Labute approximate surface area is 148 Å². The summed E-state index contributed by atoms with van der Waals surface area (Å²) in [5.74, 6) is -1.55. The molecule has 2 aromatic heterocycles. The predicted octanol–water partition coefficient (Wildman–Crippen LogP) is 1.69. The number of ether oxygens (including phenoxy) is 1. The first-order valence-corrected chi connectivity index (χ1v) is 7.95. The Hall–Kier alpha value is -3.60. The number of nitro groups is 1. The number of thiazole rings is 1. The van der Waals surface area contributed by atoms with Crippen molar-refractivity contribution in [1.82, 2.24) is 9.97 Å². The largest absolute Gasteiger partial charge is 0.452 e. The lowest BCUT2D eigenvalue weighted by molar-refractivity contribution is -0.380. The van der Waals surface area contributed by atoms with Crippen LogP contribution in [-0.4, -0.2) is 33.4 Å². The molecule has 11 heteroatoms. The maximum atomic E-state index is 12.2. The third-order valence-electron chi connectivity index (χ3n) is 3.22. The Morgan fingerprint density at radius 3 is 2.85 bits per heavy atom. The van der Waals surface area contributed by atoms with E-state index in [1.54, 1.807) is 24.3 Å². The van der Waals surface area contributed by atoms with Gasteiger partial charge in [-0.15, -0.1) is 0 Å². The first-order chi connectivity index (χ1) is 12.4. The Kier molecular flexibility index (Phi) is 4.71. The fourth-order valence-corrected chi connectivity index (χ4v) is 2.79. The summed E-state index contributed by atoms with van der Waals surface area (Å²) >= 11 is 0.676. The van der Waals surface area contributed by atoms with Crippen molar-refractivity contribution in [3.05, 3.63) is 62.6 Å². The molecule has 10 nitrogen and oxygen atoms in total. The van der Waals surface area contributed by atoms with Crippen molar-refractivity contribution in [2.75, 3.05) is 11.9 Å². The van der Waals surface area contributed by atoms with Crippen molar-refractivity contribution >= 4 is 44.2 Å². The molecule has 0 aliphatic rings. The molecule has 2 heterocycles. The van der Waals surface area contributed by atoms with Gasteiger partial charge in [-0.05, 0) is 17.4 Å². The number of amides is 1. The van der Waals surface area contributed by atoms with Crippen LogP contribution in [0.5, 0.6) is 0 Å². The molecular weight excluding hydrogens is 364 g/mol. The zero-order valence-electron chi connectivity index (χ0n) is 12.9. The van der Waals surface area contributed by atoms with Gasteiger partial charge in [-0.25, -0.2) is 9.78 Å². The number of aromatic amines is 1. The predicted molar refractivity (Wildman–Crippen MR) is 92.2 cm³/mol. The Morgan fingerprint density at radius 1 is 1.35 bits per heavy atom. The summed E-state index contributed by atoms with van der Waals surface area (Å²) in [4.78, 5) is 51.8. The highest BCUT2D eigenvalue weighted by Crippen LogP contribution is 2.24. The van der Waals surface area contributed by atoms with Gasteiger partial charge in [-0.2, -0.15) is 0 Å². The highest BCUT2D eigenvalue weighted by molar-refractivity contribution is 7.18. The molecule has 26 heavy (non-hydrogen) atoms. The van der Waals surface area contributed by atoms with Crippen LogP contribution < -0.4 is 10.9 Å². The standard InChI is InChI=1S/C15H10N4O6S/c20-11-5-9(8-3-1-2-4-10(8)17-11)14(22)25-7-12(21)18-15-16-6-13(26-15)19(23)24/h1-6H,7H2,(H,17,20)(H,16,18,21). The fourth-order valence-electron chi connectivity index (χ4n) is 2.15. The average molecular weight is 374 g/mol. The zero-order valence-corrected chi connectivity index (χ0v) is 13.7. The summed E-state index contributed by atoms with van der Waals surface area (Å²) < 4.78 is 4.92. The molecule has 0 spiro atoms. The highest BCUT2D eigenvalue weighted by Gasteiger charge is 2.17. The van der Waals surface area contributed by atoms with Gasteiger partial charge in [0.05, 0.1) is 10.5 Å². The molecule has 0 bridgehead atoms. The van der Waals surface area contributed by atoms with Crippen LogP contribution in [0, 0.1) is 10.1 Å². The first kappa shape index (κ1) is 17.2. The van der Waals surface area contributed by atoms with Gasteiger partial charge in [-0.1, -0.05) is 18.2 Å². The number of para-hydroxylation sites is 1. The molecule has 1 aromatic carbocycles. The van der Waals surface area contributed by atoms with E-state index >= 15 is 0 Å². The number of H-pyrrole nitrogens is 1. The lowest BCUT2D eigenvalue weighted by Crippen LogP contribution is -2.21. The van der Waals surface area contributed by atoms with Crippen molar-refractivity contribution in [2.45, 2.75) is 0 Å². The minimum absolute atomic E-state index is 0.0133. The molecule has 3 aromatic rings. The number of nitrogens with one attached hydrogen (secondary N) is 2. The normalized spacial score (nSPS) is 10.5. The number of rotatable bonds is 5. The fraction of sp³-hybridized carbons (Fsp3) is 0.0667. The quantitative estimate of drug-likeness (QED) is 0.393. The van der Waals surface area contributed by atoms with Crippen molar-refractivity contribution in [2.24, 2.45) is 0 Å². The van der Waals surface area contributed by atoms with E-state index in [9.17, 15) is 24.5 Å². The summed E-state index contributed by atoms with van der Waals surface area (Å²) in [6, 6.07) is 7.76. The van der Waals surface area contributed by atoms with E-state index in [-0.39, 0.29) is 15.7 Å². The third-order valence-corrected chi connectivity index (χ3v) is 4.09. The highest BCUT2D eigenvalue weighted by atomic mass is 32.1. The number of fused-ring (bicyclic) bond motifs is 1. The lowest BCUT2D eigenvalue weighted by atomic mass is 10.1. The van der Waals surface area contributed by atoms with Gasteiger partial charge in [0.1, 0.15) is 6.20 Å². The maximum absolute atomic E-state index is 12.2. The molecule has 0 saturated carbocycles. The maximum Gasteiger partial charge on any atom is 0.345 e. The number of nitrogens with zero attached hydrogens (tertiary/aromatic N) is 2. The summed E-state index contributed by atoms with van der Waals surface area (Å²) in [5.41, 5.74) is 0.0173. The van der Waals surface area contributed by atoms with E-state index in [4.69, 9.17) is 4.74 Å². The van der Waals surface area contributed by atoms with E-state index in [2.05, 4.69) is 15.3 Å². The number of carbonyl (C=O) groups is 2. The van der Waals surface area contributed by atoms with Crippen LogP contribution in [0.25, 0.3) is 10.9 Å². The molecule has 2 N–H and O–H groups in total. The summed E-state index contributed by atoms with van der Waals surface area (Å²) in [7, 11) is 0. The van der Waals surface area contributed by atoms with Crippen LogP contribution in [0.15, 0.2) is 41.3 Å². The summed E-state index contributed by atoms with van der Waals surface area (Å²) in [6.07, 6.45) is 1.01. The first-order valence-electron chi connectivity index (χ1n) is 7.13. The number of esters is 1. The van der Waals surface area contributed by atoms with Crippen LogP contribution in [0.4, 0.5) is 10.1 Å². The molecule has 0 radical (unpaired) electrons. The Bertz CT molecular complexity index is 1070. The van der Waals surface area contributed by atoms with E-state index in [1.807, 2.05) is 0 Å². The van der Waals surface area contributed by atoms with Gasteiger partial charge in [0, 0.05) is 17.0 Å². The Morgan fingerprint density at radius 2 is 2.12 bits per heavy atom. The Balaban J connectivity index is 1.68. The molecule has 0 aliphatic carbocycles. The summed E-state index contributed by atoms with van der Waals surface area (Å²) in [6.45, 7) is -0.632. The number of hydrogen-bond donors (Lipinski definition) is 2. The molecule has 3 rings (SSSR count). The van der Waals surface area contributed by atoms with Gasteiger partial charge < -0.3 is 9.72 Å². The number of hydrogen-bond acceptors (Lipinski definition) is 8. The van der Waals surface area contributed by atoms with Crippen molar-refractivity contribution < 1.29 is 19.2 Å². The average Bonchev–Trinajstić information content (AvgIpc) is 3.07. The van der Waals surface area contributed by atoms with Gasteiger partial charge in [0.25, 0.3) is 5.91 Å². The van der Waals surface area contributed by atoms with Gasteiger partial charge in [-0.3, -0.25) is 25.0 Å². The second-order valence-corrected chi connectivity index (χ2v) is 5.99. The van der Waals surface area contributed by atoms with Crippen LogP contribution in [0.1, 0.15) is 10.4 Å². The second kappa shape index (κ2) is 7.11. The smallest absolute Gasteiger partial charge is 0.345 e. The van der Waals surface area contributed by atoms with E-state index in [1.165, 1.54) is 0 Å². The monoisotopic (exact) mass is 374 g/mol. The molecular formula is C15H10N4O6S. The minimum atomic E-state index is -0.840. The summed E-state index contributed by atoms with van der Waals surface area (Å²) in [5, 5.41) is 13.1. The zero-order chi connectivity index (χ0) is 18.7. The van der Waals surface area contributed by atoms with E-state index in [0.29, 0.717) is 22.2 Å². The van der Waals surface area contributed by atoms with Gasteiger partial charge >= 0.3 is 11.0 Å². The van der Waals surface area contributed by atoms with Gasteiger partial charge in [0.15, 0.2) is 11.7 Å². The minimum Gasteiger partial charge on any atom is -0.452 e. The van der Waals surface area contributed by atoms with Crippen molar-refractivity contribution in [1.29, 1.82) is 0 Å². The number of pyridine rings is 1. The van der Waals surface area contributed by atoms with Crippen molar-refractivity contribution in [3.63, 3.8) is 0 Å².